The first-order valence-electron chi connectivity index (χ1n) is 3.91. The normalized spacial score (nSPS) is 20.2. The van der Waals surface area contributed by atoms with Crippen molar-refractivity contribution in [3.63, 3.8) is 0 Å². The van der Waals surface area contributed by atoms with E-state index in [4.69, 9.17) is 34.8 Å². The molecule has 0 aromatic rings. The minimum atomic E-state index is -2.24. The molecule has 1 aliphatic heterocycles. The largest absolute Gasteiger partial charge is 0.323 e. The summed E-state index contributed by atoms with van der Waals surface area (Å²) < 4.78 is -2.24. The van der Waals surface area contributed by atoms with E-state index in [1.165, 1.54) is 0 Å². The Balaban J connectivity index is 2.42. The van der Waals surface area contributed by atoms with E-state index >= 15 is 0 Å². The van der Waals surface area contributed by atoms with Crippen molar-refractivity contribution in [1.82, 2.24) is 16.1 Å². The van der Waals surface area contributed by atoms with Gasteiger partial charge in [-0.25, -0.2) is 10.3 Å². The maximum atomic E-state index is 11.1. The predicted molar refractivity (Wildman–Crippen MR) is 54.8 cm³/mol. The van der Waals surface area contributed by atoms with E-state index in [2.05, 4.69) is 10.2 Å². The number of hydroxylamine groups is 1. The van der Waals surface area contributed by atoms with Crippen LogP contribution in [0.25, 0.3) is 0 Å². The number of alkyl halides is 3. The summed E-state index contributed by atoms with van der Waals surface area (Å²) in [5.41, 5.74) is 2.01. The first kappa shape index (κ1) is 13.3. The highest BCUT2D eigenvalue weighted by atomic mass is 35.6. The molecule has 7 nitrogen and oxygen atoms in total. The van der Waals surface area contributed by atoms with Gasteiger partial charge >= 0.3 is 6.03 Å². The summed E-state index contributed by atoms with van der Waals surface area (Å²) in [6, 6.07) is -1.84. The third kappa shape index (κ3) is 3.67. The van der Waals surface area contributed by atoms with Gasteiger partial charge < -0.3 is 5.32 Å². The van der Waals surface area contributed by atoms with Gasteiger partial charge in [-0.1, -0.05) is 34.8 Å². The maximum Gasteiger partial charge on any atom is 0.322 e. The van der Waals surface area contributed by atoms with Gasteiger partial charge in [0.05, 0.1) is 0 Å². The average molecular weight is 290 g/mol. The highest BCUT2D eigenvalue weighted by molar-refractivity contribution is 6.76. The summed E-state index contributed by atoms with van der Waals surface area (Å²) >= 11 is 15.6. The third-order valence-electron chi connectivity index (χ3n) is 1.53. The highest BCUT2D eigenvalue weighted by Crippen LogP contribution is 2.25. The zero-order chi connectivity index (χ0) is 12.3. The van der Waals surface area contributed by atoms with Gasteiger partial charge in [0.15, 0.2) is 0 Å². The number of urea groups is 1. The standard InChI is InChI=1S/C6H6Cl3N3O4/c7-6(8,9)4(14)11-5(15)10-2-1-16-12-3(2)13/h2H,1H2,(H,12,13)(H2,10,11,14,15). The Hall–Kier alpha value is -0.760. The molecule has 0 bridgehead atoms. The fourth-order valence-corrected chi connectivity index (χ4v) is 0.960. The van der Waals surface area contributed by atoms with E-state index in [1.54, 1.807) is 5.32 Å². The molecule has 1 atom stereocenters. The first-order chi connectivity index (χ1) is 7.30. The lowest BCUT2D eigenvalue weighted by Crippen LogP contribution is -2.50. The van der Waals surface area contributed by atoms with Crippen molar-refractivity contribution in [2.24, 2.45) is 0 Å². The highest BCUT2D eigenvalue weighted by Gasteiger charge is 2.33. The lowest BCUT2D eigenvalue weighted by Gasteiger charge is -2.12. The topological polar surface area (TPSA) is 96.5 Å². The van der Waals surface area contributed by atoms with Crippen LogP contribution in [-0.4, -0.2) is 34.3 Å². The smallest absolute Gasteiger partial charge is 0.322 e. The van der Waals surface area contributed by atoms with E-state index in [0.29, 0.717) is 0 Å². The van der Waals surface area contributed by atoms with E-state index in [1.807, 2.05) is 5.48 Å². The van der Waals surface area contributed by atoms with Crippen LogP contribution >= 0.6 is 34.8 Å². The summed E-state index contributed by atoms with van der Waals surface area (Å²) in [7, 11) is 0. The number of carbonyl (C=O) groups is 3. The molecule has 1 fully saturated rings. The number of halogens is 3. The van der Waals surface area contributed by atoms with E-state index in [0.717, 1.165) is 0 Å². The van der Waals surface area contributed by atoms with Crippen molar-refractivity contribution in [1.29, 1.82) is 0 Å². The maximum absolute atomic E-state index is 11.1. The molecule has 0 saturated carbocycles. The molecule has 1 unspecified atom stereocenters. The monoisotopic (exact) mass is 289 g/mol. The number of hydrogen-bond acceptors (Lipinski definition) is 4. The second-order valence-corrected chi connectivity index (χ2v) is 5.04. The lowest BCUT2D eigenvalue weighted by molar-refractivity contribution is -0.125. The molecule has 1 heterocycles. The Morgan fingerprint density at radius 3 is 2.50 bits per heavy atom. The Morgan fingerprint density at radius 2 is 2.06 bits per heavy atom. The number of amides is 4. The molecule has 0 radical (unpaired) electrons. The minimum Gasteiger partial charge on any atom is -0.323 e. The SMILES string of the molecule is O=C(NC(=O)C(Cl)(Cl)Cl)NC1CONC1=O. The Morgan fingerprint density at radius 1 is 1.44 bits per heavy atom. The molecule has 90 valence electrons. The molecule has 1 rings (SSSR count). The van der Waals surface area contributed by atoms with Crippen LogP contribution in [0.2, 0.25) is 0 Å². The number of rotatable bonds is 1. The summed E-state index contributed by atoms with van der Waals surface area (Å²) in [6.45, 7) is -0.0474. The van der Waals surface area contributed by atoms with Crippen LogP contribution in [0, 0.1) is 0 Å². The summed E-state index contributed by atoms with van der Waals surface area (Å²) in [6.07, 6.45) is 0. The quantitative estimate of drug-likeness (QED) is 0.573. The number of nitrogens with one attached hydrogen (secondary N) is 3. The molecular formula is C6H6Cl3N3O4. The van der Waals surface area contributed by atoms with Crippen molar-refractivity contribution in [3.05, 3.63) is 0 Å². The molecule has 10 heteroatoms. The second-order valence-electron chi connectivity index (χ2n) is 2.76. The molecule has 3 N–H and O–H groups in total. The fraction of sp³-hybridized carbons (Fsp3) is 0.500. The van der Waals surface area contributed by atoms with Gasteiger partial charge in [0, 0.05) is 0 Å². The van der Waals surface area contributed by atoms with Crippen LogP contribution in [-0.2, 0) is 14.4 Å². The zero-order valence-corrected chi connectivity index (χ0v) is 9.82. The molecule has 0 aromatic carbocycles. The minimum absolute atomic E-state index is 0.0474. The van der Waals surface area contributed by atoms with Crippen molar-refractivity contribution in [2.75, 3.05) is 6.61 Å². The van der Waals surface area contributed by atoms with Crippen molar-refractivity contribution in [2.45, 2.75) is 9.83 Å². The van der Waals surface area contributed by atoms with E-state index in [-0.39, 0.29) is 6.61 Å². The van der Waals surface area contributed by atoms with Gasteiger partial charge in [-0.15, -0.1) is 0 Å². The van der Waals surface area contributed by atoms with Crippen molar-refractivity contribution in [3.8, 4) is 0 Å². The van der Waals surface area contributed by atoms with Crippen molar-refractivity contribution < 1.29 is 19.2 Å². The van der Waals surface area contributed by atoms with Gasteiger partial charge in [-0.05, 0) is 0 Å². The van der Waals surface area contributed by atoms with Gasteiger partial charge in [0.25, 0.3) is 15.6 Å². The molecular weight excluding hydrogens is 284 g/mol. The average Bonchev–Trinajstić information content (AvgIpc) is 2.50. The van der Waals surface area contributed by atoms with E-state index in [9.17, 15) is 14.4 Å². The van der Waals surface area contributed by atoms with Gasteiger partial charge in [0.1, 0.15) is 12.6 Å². The van der Waals surface area contributed by atoms with Gasteiger partial charge in [-0.2, -0.15) is 0 Å². The number of imide groups is 1. The molecule has 4 amide bonds. The van der Waals surface area contributed by atoms with Crippen molar-refractivity contribution >= 4 is 52.6 Å². The van der Waals surface area contributed by atoms with Crippen LogP contribution in [0.4, 0.5) is 4.79 Å². The Labute approximate surface area is 105 Å². The Bertz CT molecular complexity index is 329. The van der Waals surface area contributed by atoms with Crippen LogP contribution in [0.15, 0.2) is 0 Å². The second kappa shape index (κ2) is 5.05. The fourth-order valence-electron chi connectivity index (χ4n) is 0.818. The van der Waals surface area contributed by atoms with E-state index < -0.39 is 27.7 Å². The molecule has 1 saturated heterocycles. The van der Waals surface area contributed by atoms with Gasteiger partial charge in [0.2, 0.25) is 0 Å². The predicted octanol–water partition coefficient (Wildman–Crippen LogP) is -0.388. The summed E-state index contributed by atoms with van der Waals surface area (Å²) in [5.74, 6) is -1.65. The molecule has 0 aliphatic carbocycles. The molecule has 16 heavy (non-hydrogen) atoms. The summed E-state index contributed by atoms with van der Waals surface area (Å²) in [4.78, 5) is 37.7. The number of carbonyl (C=O) groups excluding carboxylic acids is 3. The summed E-state index contributed by atoms with van der Waals surface area (Å²) in [5, 5.41) is 3.89. The molecule has 0 spiro atoms. The molecule has 0 aromatic heterocycles. The molecule has 1 aliphatic rings. The van der Waals surface area contributed by atoms with Crippen LogP contribution in [0.3, 0.4) is 0 Å². The third-order valence-corrected chi connectivity index (χ3v) is 2.04. The number of hydrogen-bond donors (Lipinski definition) is 3. The first-order valence-corrected chi connectivity index (χ1v) is 5.04. The van der Waals surface area contributed by atoms with Gasteiger partial charge in [-0.3, -0.25) is 19.7 Å². The Kier molecular flexibility index (Phi) is 4.20. The van der Waals surface area contributed by atoms with Crippen LogP contribution in [0.5, 0.6) is 0 Å². The van der Waals surface area contributed by atoms with Crippen LogP contribution in [0.1, 0.15) is 0 Å². The zero-order valence-electron chi connectivity index (χ0n) is 7.55. The lowest BCUT2D eigenvalue weighted by atomic mass is 10.3. The van der Waals surface area contributed by atoms with Crippen LogP contribution < -0.4 is 16.1 Å².